The van der Waals surface area contributed by atoms with Crippen LogP contribution >= 0.6 is 0 Å². The second kappa shape index (κ2) is 6.66. The van der Waals surface area contributed by atoms with Crippen molar-refractivity contribution in [3.8, 4) is 0 Å². The molecule has 122 valence electrons. The van der Waals surface area contributed by atoms with E-state index >= 15 is 0 Å². The Morgan fingerprint density at radius 1 is 1.08 bits per heavy atom. The number of primary amides is 1. The van der Waals surface area contributed by atoms with E-state index in [1.807, 2.05) is 18.2 Å². The first-order valence-electron chi connectivity index (χ1n) is 7.95. The van der Waals surface area contributed by atoms with Crippen LogP contribution in [-0.2, 0) is 12.8 Å². The number of benzene rings is 2. The largest absolute Gasteiger partial charge is 0.396 e. The van der Waals surface area contributed by atoms with Crippen molar-refractivity contribution in [3.05, 3.63) is 64.8 Å². The molecule has 3 rings (SSSR count). The van der Waals surface area contributed by atoms with Gasteiger partial charge in [0.2, 0.25) is 0 Å². The van der Waals surface area contributed by atoms with E-state index < -0.39 is 5.91 Å². The van der Waals surface area contributed by atoms with Crippen LogP contribution in [0.3, 0.4) is 0 Å². The number of carbonyl (C=O) groups is 1. The summed E-state index contributed by atoms with van der Waals surface area (Å²) in [6.45, 7) is 2.10. The summed E-state index contributed by atoms with van der Waals surface area (Å²) in [5.41, 5.74) is 16.1. The van der Waals surface area contributed by atoms with Gasteiger partial charge in [-0.2, -0.15) is 0 Å². The van der Waals surface area contributed by atoms with E-state index in [1.165, 1.54) is 11.1 Å². The molecule has 1 heterocycles. The zero-order valence-electron chi connectivity index (χ0n) is 13.6. The average Bonchev–Trinajstić information content (AvgIpc) is 2.55. The van der Waals surface area contributed by atoms with E-state index in [4.69, 9.17) is 11.5 Å². The zero-order valence-corrected chi connectivity index (χ0v) is 13.6. The summed E-state index contributed by atoms with van der Waals surface area (Å²) in [6, 6.07) is 14.3. The van der Waals surface area contributed by atoms with Gasteiger partial charge >= 0.3 is 0 Å². The van der Waals surface area contributed by atoms with Gasteiger partial charge in [-0.3, -0.25) is 4.79 Å². The minimum Gasteiger partial charge on any atom is -0.396 e. The number of aromatic nitrogens is 2. The highest BCUT2D eigenvalue weighted by molar-refractivity contribution is 6.04. The Morgan fingerprint density at radius 2 is 1.88 bits per heavy atom. The number of amides is 1. The molecule has 0 aliphatic rings. The van der Waals surface area contributed by atoms with Gasteiger partial charge in [-0.25, -0.2) is 0 Å². The number of anilines is 1. The third kappa shape index (κ3) is 3.20. The molecule has 5 heteroatoms. The number of nitrogen functional groups attached to an aromatic ring is 1. The Hall–Kier alpha value is -2.95. The van der Waals surface area contributed by atoms with E-state index in [2.05, 4.69) is 41.4 Å². The molecule has 0 bridgehead atoms. The highest BCUT2D eigenvalue weighted by Crippen LogP contribution is 2.25. The summed E-state index contributed by atoms with van der Waals surface area (Å²) in [7, 11) is 0. The SMILES string of the molecule is Cc1cccc(CCCc2cccc3c(N)c(C(N)=O)nnc23)c1. The normalized spacial score (nSPS) is 10.9. The zero-order chi connectivity index (χ0) is 17.1. The molecule has 0 saturated carbocycles. The lowest BCUT2D eigenvalue weighted by atomic mass is 10.0. The molecule has 0 radical (unpaired) electrons. The first-order valence-corrected chi connectivity index (χ1v) is 7.95. The Morgan fingerprint density at radius 3 is 2.62 bits per heavy atom. The molecule has 0 aliphatic carbocycles. The van der Waals surface area contributed by atoms with Crippen molar-refractivity contribution in [2.45, 2.75) is 26.2 Å². The summed E-state index contributed by atoms with van der Waals surface area (Å²) in [4.78, 5) is 11.3. The van der Waals surface area contributed by atoms with Crippen molar-refractivity contribution in [1.82, 2.24) is 10.2 Å². The standard InChI is InChI=1S/C19H20N4O/c1-12-5-2-6-13(11-12)7-3-8-14-9-4-10-15-16(20)18(19(21)24)23-22-17(14)15/h2,4-6,9-11H,3,7-8H2,1H3,(H2,20,22)(H2,21,24). The van der Waals surface area contributed by atoms with Crippen molar-refractivity contribution in [3.63, 3.8) is 0 Å². The van der Waals surface area contributed by atoms with Gasteiger partial charge in [0.1, 0.15) is 0 Å². The maximum Gasteiger partial charge on any atom is 0.271 e. The predicted octanol–water partition coefficient (Wildman–Crippen LogP) is 2.79. The molecule has 0 spiro atoms. The van der Waals surface area contributed by atoms with Crippen LogP contribution in [0.2, 0.25) is 0 Å². The summed E-state index contributed by atoms with van der Waals surface area (Å²) in [6.07, 6.45) is 2.87. The average molecular weight is 320 g/mol. The van der Waals surface area contributed by atoms with Crippen LogP contribution in [-0.4, -0.2) is 16.1 Å². The van der Waals surface area contributed by atoms with Crippen LogP contribution in [0.1, 0.15) is 33.6 Å². The number of rotatable bonds is 5. The van der Waals surface area contributed by atoms with Gasteiger partial charge in [-0.15, -0.1) is 10.2 Å². The molecule has 24 heavy (non-hydrogen) atoms. The fourth-order valence-corrected chi connectivity index (χ4v) is 2.94. The number of aryl methyl sites for hydroxylation is 3. The Bertz CT molecular complexity index is 905. The maximum absolute atomic E-state index is 11.3. The van der Waals surface area contributed by atoms with Gasteiger partial charge in [0.05, 0.1) is 11.2 Å². The quantitative estimate of drug-likeness (QED) is 0.755. The number of hydrogen-bond acceptors (Lipinski definition) is 4. The molecule has 2 aromatic carbocycles. The van der Waals surface area contributed by atoms with Gasteiger partial charge in [0.25, 0.3) is 5.91 Å². The lowest BCUT2D eigenvalue weighted by Crippen LogP contribution is -2.17. The van der Waals surface area contributed by atoms with Crippen molar-refractivity contribution < 1.29 is 4.79 Å². The van der Waals surface area contributed by atoms with E-state index in [9.17, 15) is 4.79 Å². The summed E-state index contributed by atoms with van der Waals surface area (Å²) >= 11 is 0. The number of nitrogens with zero attached hydrogens (tertiary/aromatic N) is 2. The monoisotopic (exact) mass is 320 g/mol. The molecule has 3 aromatic rings. The van der Waals surface area contributed by atoms with Gasteiger partial charge in [0, 0.05) is 5.39 Å². The van der Waals surface area contributed by atoms with Gasteiger partial charge in [-0.05, 0) is 37.3 Å². The lowest BCUT2D eigenvalue weighted by Gasteiger charge is -2.09. The van der Waals surface area contributed by atoms with Gasteiger partial charge in [0.15, 0.2) is 5.69 Å². The molecule has 1 amide bonds. The number of nitrogens with two attached hydrogens (primary N) is 2. The number of carbonyl (C=O) groups excluding carboxylic acids is 1. The molecular formula is C19H20N4O. The first kappa shape index (κ1) is 15.9. The maximum atomic E-state index is 11.3. The second-order valence-corrected chi connectivity index (χ2v) is 5.98. The minimum absolute atomic E-state index is 0.0272. The van der Waals surface area contributed by atoms with Crippen molar-refractivity contribution in [2.75, 3.05) is 5.73 Å². The van der Waals surface area contributed by atoms with Crippen LogP contribution in [0.25, 0.3) is 10.9 Å². The van der Waals surface area contributed by atoms with Crippen LogP contribution < -0.4 is 11.5 Å². The van der Waals surface area contributed by atoms with Crippen LogP contribution in [0, 0.1) is 6.92 Å². The van der Waals surface area contributed by atoms with Crippen molar-refractivity contribution in [1.29, 1.82) is 0 Å². The number of hydrogen-bond donors (Lipinski definition) is 2. The van der Waals surface area contributed by atoms with Gasteiger partial charge < -0.3 is 11.5 Å². The number of fused-ring (bicyclic) bond motifs is 1. The molecule has 0 aliphatic heterocycles. The van der Waals surface area contributed by atoms with Crippen LogP contribution in [0.4, 0.5) is 5.69 Å². The third-order valence-electron chi connectivity index (χ3n) is 4.14. The Kier molecular flexibility index (Phi) is 4.42. The molecule has 0 unspecified atom stereocenters. The molecule has 5 nitrogen and oxygen atoms in total. The second-order valence-electron chi connectivity index (χ2n) is 5.98. The Balaban J connectivity index is 1.82. The van der Waals surface area contributed by atoms with Crippen LogP contribution in [0.5, 0.6) is 0 Å². The molecule has 1 aromatic heterocycles. The smallest absolute Gasteiger partial charge is 0.271 e. The van der Waals surface area contributed by atoms with E-state index in [-0.39, 0.29) is 5.69 Å². The van der Waals surface area contributed by atoms with E-state index in [0.29, 0.717) is 5.69 Å². The van der Waals surface area contributed by atoms with Crippen molar-refractivity contribution >= 4 is 22.5 Å². The van der Waals surface area contributed by atoms with E-state index in [0.717, 1.165) is 35.7 Å². The highest BCUT2D eigenvalue weighted by atomic mass is 16.1. The topological polar surface area (TPSA) is 94.9 Å². The summed E-state index contributed by atoms with van der Waals surface area (Å²) in [5.74, 6) is -0.660. The van der Waals surface area contributed by atoms with Crippen molar-refractivity contribution in [2.24, 2.45) is 5.73 Å². The molecule has 0 saturated heterocycles. The van der Waals surface area contributed by atoms with Crippen LogP contribution in [0.15, 0.2) is 42.5 Å². The van der Waals surface area contributed by atoms with E-state index in [1.54, 1.807) is 0 Å². The molecule has 0 fully saturated rings. The molecular weight excluding hydrogens is 300 g/mol. The molecule has 4 N–H and O–H groups in total. The minimum atomic E-state index is -0.660. The molecule has 0 atom stereocenters. The fraction of sp³-hybridized carbons (Fsp3) is 0.211. The Labute approximate surface area is 140 Å². The first-order chi connectivity index (χ1) is 11.6. The third-order valence-corrected chi connectivity index (χ3v) is 4.14. The predicted molar refractivity (Wildman–Crippen MR) is 95.7 cm³/mol. The highest BCUT2D eigenvalue weighted by Gasteiger charge is 2.14. The van der Waals surface area contributed by atoms with Gasteiger partial charge in [-0.1, -0.05) is 48.0 Å². The fourth-order valence-electron chi connectivity index (χ4n) is 2.94. The summed E-state index contributed by atoms with van der Waals surface area (Å²) < 4.78 is 0. The lowest BCUT2D eigenvalue weighted by molar-refractivity contribution is 0.0996. The summed E-state index contributed by atoms with van der Waals surface area (Å²) in [5, 5.41) is 8.80.